The highest BCUT2D eigenvalue weighted by Crippen LogP contribution is 2.35. The Kier molecular flexibility index (Phi) is 3.82. The maximum Gasteiger partial charge on any atom is 0.123 e. The molecule has 0 saturated heterocycles. The van der Waals surface area contributed by atoms with E-state index in [1.54, 1.807) is 6.07 Å². The van der Waals surface area contributed by atoms with Gasteiger partial charge in [0.05, 0.1) is 0 Å². The van der Waals surface area contributed by atoms with E-state index < -0.39 is 0 Å². The first kappa shape index (κ1) is 11.9. The highest BCUT2D eigenvalue weighted by atomic mass is 35.5. The van der Waals surface area contributed by atoms with Gasteiger partial charge in [-0.2, -0.15) is 0 Å². The van der Waals surface area contributed by atoms with Gasteiger partial charge in [-0.25, -0.2) is 4.39 Å². The van der Waals surface area contributed by atoms with Crippen LogP contribution in [0.25, 0.3) is 0 Å². The Hall–Kier alpha value is -0.600. The molecule has 0 heterocycles. The van der Waals surface area contributed by atoms with E-state index in [1.807, 2.05) is 0 Å². The minimum atomic E-state index is -0.259. The summed E-state index contributed by atoms with van der Waals surface area (Å²) in [6.07, 6.45) is 6.01. The van der Waals surface area contributed by atoms with E-state index in [4.69, 9.17) is 17.3 Å². The van der Waals surface area contributed by atoms with Gasteiger partial charge in [-0.1, -0.05) is 30.9 Å². The summed E-state index contributed by atoms with van der Waals surface area (Å²) in [7, 11) is 0. The molecule has 1 atom stereocenters. The monoisotopic (exact) mass is 241 g/mol. The summed E-state index contributed by atoms with van der Waals surface area (Å²) < 4.78 is 13.2. The summed E-state index contributed by atoms with van der Waals surface area (Å²) in [5.74, 6) is 0.193. The smallest absolute Gasteiger partial charge is 0.123 e. The van der Waals surface area contributed by atoms with Crippen LogP contribution in [0.3, 0.4) is 0 Å². The van der Waals surface area contributed by atoms with Crippen molar-refractivity contribution in [2.24, 2.45) is 11.7 Å². The third kappa shape index (κ3) is 2.55. The van der Waals surface area contributed by atoms with Crippen LogP contribution in [0.2, 0.25) is 5.02 Å². The van der Waals surface area contributed by atoms with Crippen molar-refractivity contribution in [1.82, 2.24) is 0 Å². The van der Waals surface area contributed by atoms with Crippen LogP contribution in [0, 0.1) is 11.7 Å². The second-order valence-electron chi connectivity index (χ2n) is 4.59. The Balaban J connectivity index is 2.18. The minimum Gasteiger partial charge on any atom is -0.324 e. The van der Waals surface area contributed by atoms with Gasteiger partial charge >= 0.3 is 0 Å². The highest BCUT2D eigenvalue weighted by Gasteiger charge is 2.23. The van der Waals surface area contributed by atoms with E-state index in [1.165, 1.54) is 31.4 Å². The molecule has 1 nitrogen and oxygen atoms in total. The van der Waals surface area contributed by atoms with Crippen molar-refractivity contribution in [1.29, 1.82) is 0 Å². The SMILES string of the molecule is N[C@H](c1cc(F)ccc1Cl)C1CCCCC1. The van der Waals surface area contributed by atoms with Crippen molar-refractivity contribution < 1.29 is 4.39 Å². The molecule has 0 radical (unpaired) electrons. The molecule has 1 fully saturated rings. The Morgan fingerprint density at radius 1 is 1.25 bits per heavy atom. The number of hydrogen-bond acceptors (Lipinski definition) is 1. The fourth-order valence-corrected chi connectivity index (χ4v) is 2.76. The van der Waals surface area contributed by atoms with Crippen LogP contribution in [0.4, 0.5) is 4.39 Å². The molecule has 1 aromatic carbocycles. The van der Waals surface area contributed by atoms with Crippen molar-refractivity contribution in [3.8, 4) is 0 Å². The molecule has 0 amide bonds. The van der Waals surface area contributed by atoms with Gasteiger partial charge in [-0.3, -0.25) is 0 Å². The van der Waals surface area contributed by atoms with Gasteiger partial charge in [0, 0.05) is 11.1 Å². The largest absolute Gasteiger partial charge is 0.324 e. The molecule has 3 heteroatoms. The van der Waals surface area contributed by atoms with E-state index in [0.29, 0.717) is 10.9 Å². The maximum absolute atomic E-state index is 13.2. The molecule has 1 aromatic rings. The Labute approximate surface area is 101 Å². The van der Waals surface area contributed by atoms with Gasteiger partial charge in [0.1, 0.15) is 5.82 Å². The van der Waals surface area contributed by atoms with Crippen molar-refractivity contribution in [2.45, 2.75) is 38.1 Å². The first-order valence-corrected chi connectivity index (χ1v) is 6.27. The van der Waals surface area contributed by atoms with E-state index >= 15 is 0 Å². The first-order valence-electron chi connectivity index (χ1n) is 5.89. The van der Waals surface area contributed by atoms with Gasteiger partial charge in [-0.15, -0.1) is 0 Å². The lowest BCUT2D eigenvalue weighted by molar-refractivity contribution is 0.308. The average molecular weight is 242 g/mol. The van der Waals surface area contributed by atoms with Gasteiger partial charge in [0.25, 0.3) is 0 Å². The van der Waals surface area contributed by atoms with Gasteiger partial charge in [0.15, 0.2) is 0 Å². The summed E-state index contributed by atoms with van der Waals surface area (Å²) in [6, 6.07) is 4.32. The summed E-state index contributed by atoms with van der Waals surface area (Å²) in [5.41, 5.74) is 6.95. The van der Waals surface area contributed by atoms with Crippen LogP contribution in [0.5, 0.6) is 0 Å². The summed E-state index contributed by atoms with van der Waals surface area (Å²) in [5, 5.41) is 0.583. The summed E-state index contributed by atoms with van der Waals surface area (Å²) in [4.78, 5) is 0. The molecule has 1 aliphatic rings. The molecule has 2 rings (SSSR count). The van der Waals surface area contributed by atoms with Gasteiger partial charge in [0.2, 0.25) is 0 Å². The lowest BCUT2D eigenvalue weighted by atomic mass is 9.81. The minimum absolute atomic E-state index is 0.122. The summed E-state index contributed by atoms with van der Waals surface area (Å²) >= 11 is 6.06. The molecule has 0 aromatic heterocycles. The highest BCUT2D eigenvalue weighted by molar-refractivity contribution is 6.31. The summed E-state index contributed by atoms with van der Waals surface area (Å²) in [6.45, 7) is 0. The molecular formula is C13H17ClFN. The van der Waals surface area contributed by atoms with Crippen LogP contribution in [0.1, 0.15) is 43.7 Å². The zero-order chi connectivity index (χ0) is 11.5. The van der Waals surface area contributed by atoms with Crippen LogP contribution in [0.15, 0.2) is 18.2 Å². The van der Waals surface area contributed by atoms with Crippen molar-refractivity contribution in [3.05, 3.63) is 34.6 Å². The van der Waals surface area contributed by atoms with Crippen molar-refractivity contribution in [3.63, 3.8) is 0 Å². The fourth-order valence-electron chi connectivity index (χ4n) is 2.52. The molecular weight excluding hydrogens is 225 g/mol. The lowest BCUT2D eigenvalue weighted by Crippen LogP contribution is -2.23. The van der Waals surface area contributed by atoms with E-state index in [2.05, 4.69) is 0 Å². The number of hydrogen-bond donors (Lipinski definition) is 1. The topological polar surface area (TPSA) is 26.0 Å². The normalized spacial score (nSPS) is 19.7. The van der Waals surface area contributed by atoms with Crippen molar-refractivity contribution in [2.75, 3.05) is 0 Å². The first-order chi connectivity index (χ1) is 7.68. The van der Waals surface area contributed by atoms with Crippen LogP contribution < -0.4 is 5.73 Å². The zero-order valence-electron chi connectivity index (χ0n) is 9.26. The predicted molar refractivity (Wildman–Crippen MR) is 64.9 cm³/mol. The maximum atomic E-state index is 13.2. The predicted octanol–water partition coefficient (Wildman–Crippen LogP) is 4.06. The molecule has 0 spiro atoms. The molecule has 0 unspecified atom stereocenters. The lowest BCUT2D eigenvalue weighted by Gasteiger charge is -2.28. The molecule has 88 valence electrons. The Morgan fingerprint density at radius 3 is 2.62 bits per heavy atom. The molecule has 0 bridgehead atoms. The third-order valence-corrected chi connectivity index (χ3v) is 3.82. The second kappa shape index (κ2) is 5.15. The van der Waals surface area contributed by atoms with Crippen LogP contribution >= 0.6 is 11.6 Å². The standard InChI is InChI=1S/C13H17ClFN/c14-12-7-6-10(15)8-11(12)13(16)9-4-2-1-3-5-9/h6-9,13H,1-5,16H2/t13-/m0/s1. The number of nitrogens with two attached hydrogens (primary N) is 1. The Morgan fingerprint density at radius 2 is 1.94 bits per heavy atom. The number of benzene rings is 1. The average Bonchev–Trinajstić information content (AvgIpc) is 2.32. The second-order valence-corrected chi connectivity index (χ2v) is 5.00. The number of rotatable bonds is 2. The van der Waals surface area contributed by atoms with Crippen LogP contribution in [-0.2, 0) is 0 Å². The van der Waals surface area contributed by atoms with E-state index in [-0.39, 0.29) is 11.9 Å². The van der Waals surface area contributed by atoms with Crippen molar-refractivity contribution >= 4 is 11.6 Å². The molecule has 16 heavy (non-hydrogen) atoms. The molecule has 0 aliphatic heterocycles. The Bertz CT molecular complexity index is 361. The third-order valence-electron chi connectivity index (χ3n) is 3.47. The van der Waals surface area contributed by atoms with Gasteiger partial charge < -0.3 is 5.73 Å². The van der Waals surface area contributed by atoms with Crippen LogP contribution in [-0.4, -0.2) is 0 Å². The van der Waals surface area contributed by atoms with E-state index in [0.717, 1.165) is 18.4 Å². The molecule has 2 N–H and O–H groups in total. The quantitative estimate of drug-likeness (QED) is 0.830. The molecule has 1 aliphatic carbocycles. The van der Waals surface area contributed by atoms with E-state index in [9.17, 15) is 4.39 Å². The number of halogens is 2. The fraction of sp³-hybridized carbons (Fsp3) is 0.538. The zero-order valence-corrected chi connectivity index (χ0v) is 10.0. The van der Waals surface area contributed by atoms with Gasteiger partial charge in [-0.05, 0) is 42.5 Å². The molecule has 1 saturated carbocycles.